The minimum atomic E-state index is 0.264. The summed E-state index contributed by atoms with van der Waals surface area (Å²) in [6, 6.07) is 0.836. The van der Waals surface area contributed by atoms with Gasteiger partial charge in [-0.05, 0) is 26.3 Å². The molecule has 0 aliphatic rings. The van der Waals surface area contributed by atoms with Gasteiger partial charge in [0.1, 0.15) is 0 Å². The zero-order chi connectivity index (χ0) is 9.94. The fraction of sp³-hybridized carbons (Fsp3) is 1.00. The van der Waals surface area contributed by atoms with E-state index in [0.29, 0.717) is 11.5 Å². The van der Waals surface area contributed by atoms with Crippen molar-refractivity contribution in [2.24, 2.45) is 11.1 Å². The molecule has 2 heteroatoms. The Morgan fingerprint density at radius 3 is 1.92 bits per heavy atom. The molecule has 0 saturated carbocycles. The molecule has 0 heterocycles. The van der Waals surface area contributed by atoms with E-state index in [9.17, 15) is 0 Å². The number of rotatable bonds is 3. The second-order valence-electron chi connectivity index (χ2n) is 4.96. The highest BCUT2D eigenvalue weighted by molar-refractivity contribution is 4.78. The summed E-state index contributed by atoms with van der Waals surface area (Å²) in [7, 11) is 2.14. The predicted octanol–water partition coefficient (Wildman–Crippen LogP) is 1.70. The van der Waals surface area contributed by atoms with Crippen molar-refractivity contribution < 1.29 is 0 Å². The lowest BCUT2D eigenvalue weighted by Crippen LogP contribution is -2.44. The van der Waals surface area contributed by atoms with Crippen molar-refractivity contribution in [1.29, 1.82) is 0 Å². The first-order valence-corrected chi connectivity index (χ1v) is 4.71. The van der Waals surface area contributed by atoms with Crippen LogP contribution in [0.15, 0.2) is 0 Å². The first-order valence-electron chi connectivity index (χ1n) is 4.71. The van der Waals surface area contributed by atoms with Crippen LogP contribution in [0, 0.1) is 5.41 Å². The zero-order valence-corrected chi connectivity index (χ0v) is 9.39. The first kappa shape index (κ1) is 11.9. The van der Waals surface area contributed by atoms with E-state index in [1.54, 1.807) is 0 Å². The Morgan fingerprint density at radius 2 is 1.67 bits per heavy atom. The Morgan fingerprint density at radius 1 is 1.25 bits per heavy atom. The van der Waals surface area contributed by atoms with Crippen LogP contribution < -0.4 is 5.73 Å². The Kier molecular flexibility index (Phi) is 4.21. The summed E-state index contributed by atoms with van der Waals surface area (Å²) in [5, 5.41) is 0. The molecule has 0 aromatic rings. The van der Waals surface area contributed by atoms with E-state index in [1.165, 1.54) is 0 Å². The quantitative estimate of drug-likeness (QED) is 0.702. The van der Waals surface area contributed by atoms with Crippen LogP contribution in [0.25, 0.3) is 0 Å². The van der Waals surface area contributed by atoms with Crippen molar-refractivity contribution in [2.45, 2.75) is 46.7 Å². The SMILES string of the molecule is CC(N(C)C[C@H](C)N)C(C)(C)C. The van der Waals surface area contributed by atoms with Crippen molar-refractivity contribution >= 4 is 0 Å². The van der Waals surface area contributed by atoms with E-state index < -0.39 is 0 Å². The van der Waals surface area contributed by atoms with E-state index in [1.807, 2.05) is 6.92 Å². The molecule has 0 rings (SSSR count). The fourth-order valence-corrected chi connectivity index (χ4v) is 1.27. The predicted molar refractivity (Wildman–Crippen MR) is 55.2 cm³/mol. The van der Waals surface area contributed by atoms with Gasteiger partial charge in [0.15, 0.2) is 0 Å². The van der Waals surface area contributed by atoms with Crippen LogP contribution >= 0.6 is 0 Å². The molecule has 0 bridgehead atoms. The lowest BCUT2D eigenvalue weighted by Gasteiger charge is -2.36. The highest BCUT2D eigenvalue weighted by atomic mass is 15.1. The van der Waals surface area contributed by atoms with Gasteiger partial charge in [-0.1, -0.05) is 20.8 Å². The monoisotopic (exact) mass is 172 g/mol. The minimum absolute atomic E-state index is 0.264. The summed E-state index contributed by atoms with van der Waals surface area (Å²) in [6.45, 7) is 12.0. The van der Waals surface area contributed by atoms with Gasteiger partial charge in [0, 0.05) is 18.6 Å². The molecular weight excluding hydrogens is 148 g/mol. The van der Waals surface area contributed by atoms with Crippen molar-refractivity contribution in [2.75, 3.05) is 13.6 Å². The molecule has 74 valence electrons. The van der Waals surface area contributed by atoms with Crippen LogP contribution in [0.4, 0.5) is 0 Å². The van der Waals surface area contributed by atoms with Gasteiger partial charge in [-0.15, -0.1) is 0 Å². The maximum absolute atomic E-state index is 5.73. The molecule has 0 aromatic carbocycles. The van der Waals surface area contributed by atoms with E-state index in [-0.39, 0.29) is 6.04 Å². The standard InChI is InChI=1S/C10H24N2/c1-8(11)7-12(6)9(2)10(3,4)5/h8-9H,7,11H2,1-6H3/t8-,9?/m0/s1. The molecule has 0 amide bonds. The third-order valence-electron chi connectivity index (χ3n) is 2.49. The number of hydrogen-bond acceptors (Lipinski definition) is 2. The lowest BCUT2D eigenvalue weighted by atomic mass is 9.87. The lowest BCUT2D eigenvalue weighted by molar-refractivity contribution is 0.136. The smallest absolute Gasteiger partial charge is 0.0139 e. The summed E-state index contributed by atoms with van der Waals surface area (Å²) in [6.07, 6.45) is 0. The van der Waals surface area contributed by atoms with Gasteiger partial charge in [0.05, 0.1) is 0 Å². The van der Waals surface area contributed by atoms with Crippen LogP contribution in [0.1, 0.15) is 34.6 Å². The zero-order valence-electron chi connectivity index (χ0n) is 9.39. The highest BCUT2D eigenvalue weighted by Gasteiger charge is 2.23. The van der Waals surface area contributed by atoms with Gasteiger partial charge in [0.2, 0.25) is 0 Å². The number of likely N-dealkylation sites (N-methyl/N-ethyl adjacent to an activating group) is 1. The molecule has 2 N–H and O–H groups in total. The Hall–Kier alpha value is -0.0800. The largest absolute Gasteiger partial charge is 0.327 e. The Bertz CT molecular complexity index is 124. The van der Waals surface area contributed by atoms with Crippen LogP contribution in [-0.4, -0.2) is 30.6 Å². The normalized spacial score (nSPS) is 18.0. The summed E-state index contributed by atoms with van der Waals surface area (Å²) in [5.74, 6) is 0. The molecule has 2 nitrogen and oxygen atoms in total. The molecule has 1 unspecified atom stereocenters. The van der Waals surface area contributed by atoms with Crippen molar-refractivity contribution in [3.05, 3.63) is 0 Å². The topological polar surface area (TPSA) is 29.3 Å². The average Bonchev–Trinajstić information content (AvgIpc) is 1.82. The maximum Gasteiger partial charge on any atom is 0.0139 e. The average molecular weight is 172 g/mol. The number of hydrogen-bond donors (Lipinski definition) is 1. The van der Waals surface area contributed by atoms with Crippen LogP contribution in [0.2, 0.25) is 0 Å². The first-order chi connectivity index (χ1) is 5.25. The van der Waals surface area contributed by atoms with E-state index in [2.05, 4.69) is 39.6 Å². The van der Waals surface area contributed by atoms with Crippen LogP contribution in [0.5, 0.6) is 0 Å². The molecule has 0 spiro atoms. The summed E-state index contributed by atoms with van der Waals surface area (Å²) >= 11 is 0. The molecule has 0 aliphatic heterocycles. The molecule has 2 atom stereocenters. The maximum atomic E-state index is 5.73. The Balaban J connectivity index is 4.01. The van der Waals surface area contributed by atoms with E-state index in [0.717, 1.165) is 6.54 Å². The van der Waals surface area contributed by atoms with Gasteiger partial charge in [-0.25, -0.2) is 0 Å². The van der Waals surface area contributed by atoms with Crippen molar-refractivity contribution in [1.82, 2.24) is 4.90 Å². The minimum Gasteiger partial charge on any atom is -0.327 e. The number of nitrogens with zero attached hydrogens (tertiary/aromatic N) is 1. The molecule has 0 radical (unpaired) electrons. The van der Waals surface area contributed by atoms with Crippen molar-refractivity contribution in [3.8, 4) is 0 Å². The third-order valence-corrected chi connectivity index (χ3v) is 2.49. The summed E-state index contributed by atoms with van der Waals surface area (Å²) < 4.78 is 0. The van der Waals surface area contributed by atoms with Crippen LogP contribution in [-0.2, 0) is 0 Å². The molecule has 12 heavy (non-hydrogen) atoms. The molecule has 0 saturated heterocycles. The van der Waals surface area contributed by atoms with E-state index in [4.69, 9.17) is 5.73 Å². The molecule has 0 aromatic heterocycles. The van der Waals surface area contributed by atoms with E-state index >= 15 is 0 Å². The fourth-order valence-electron chi connectivity index (χ4n) is 1.27. The van der Waals surface area contributed by atoms with Gasteiger partial charge < -0.3 is 10.6 Å². The summed E-state index contributed by atoms with van der Waals surface area (Å²) in [4.78, 5) is 2.32. The molecule has 0 fully saturated rings. The molecule has 0 aliphatic carbocycles. The number of nitrogens with two attached hydrogens (primary N) is 1. The molecular formula is C10H24N2. The van der Waals surface area contributed by atoms with Gasteiger partial charge in [-0.2, -0.15) is 0 Å². The van der Waals surface area contributed by atoms with Gasteiger partial charge >= 0.3 is 0 Å². The second kappa shape index (κ2) is 4.24. The van der Waals surface area contributed by atoms with Gasteiger partial charge in [-0.3, -0.25) is 0 Å². The van der Waals surface area contributed by atoms with Gasteiger partial charge in [0.25, 0.3) is 0 Å². The third kappa shape index (κ3) is 4.07. The van der Waals surface area contributed by atoms with Crippen LogP contribution in [0.3, 0.4) is 0 Å². The second-order valence-corrected chi connectivity index (χ2v) is 4.96. The van der Waals surface area contributed by atoms with Crippen molar-refractivity contribution in [3.63, 3.8) is 0 Å². The summed E-state index contributed by atoms with van der Waals surface area (Å²) in [5.41, 5.74) is 6.07. The highest BCUT2D eigenvalue weighted by Crippen LogP contribution is 2.22. The Labute approximate surface area is 77.1 Å².